The third-order valence-electron chi connectivity index (χ3n) is 5.68. The molecule has 28 heavy (non-hydrogen) atoms. The van der Waals surface area contributed by atoms with Crippen molar-refractivity contribution in [2.45, 2.75) is 24.9 Å². The fourth-order valence-corrected chi connectivity index (χ4v) is 4.17. The molecule has 1 aromatic carbocycles. The van der Waals surface area contributed by atoms with Crippen LogP contribution in [0.5, 0.6) is 0 Å². The van der Waals surface area contributed by atoms with E-state index in [1.54, 1.807) is 12.3 Å². The van der Waals surface area contributed by atoms with Crippen molar-refractivity contribution in [1.82, 2.24) is 24.9 Å². The predicted octanol–water partition coefficient (Wildman–Crippen LogP) is 2.37. The highest BCUT2D eigenvalue weighted by Gasteiger charge is 2.44. The Morgan fingerprint density at radius 1 is 1.07 bits per heavy atom. The van der Waals surface area contributed by atoms with Gasteiger partial charge in [-0.1, -0.05) is 18.2 Å². The summed E-state index contributed by atoms with van der Waals surface area (Å²) in [4.78, 5) is 14.6. The molecule has 3 aromatic rings. The Balaban J connectivity index is 1.38. The van der Waals surface area contributed by atoms with Crippen molar-refractivity contribution in [1.29, 1.82) is 0 Å². The summed E-state index contributed by atoms with van der Waals surface area (Å²) in [6.45, 7) is 1.97. The average molecular weight is 375 g/mol. The van der Waals surface area contributed by atoms with Crippen molar-refractivity contribution in [3.63, 3.8) is 0 Å². The van der Waals surface area contributed by atoms with Crippen molar-refractivity contribution in [2.24, 2.45) is 0 Å². The number of carbonyl (C=O) groups is 1. The molecule has 2 aromatic heterocycles. The van der Waals surface area contributed by atoms with Gasteiger partial charge in [-0.05, 0) is 43.0 Å². The number of para-hydroxylation sites is 1. The van der Waals surface area contributed by atoms with E-state index in [0.29, 0.717) is 25.3 Å². The second kappa shape index (κ2) is 6.83. The number of piperidine rings is 1. The Morgan fingerprint density at radius 2 is 1.89 bits per heavy atom. The molecule has 0 atom stereocenters. The van der Waals surface area contributed by atoms with Crippen molar-refractivity contribution < 1.29 is 9.53 Å². The van der Waals surface area contributed by atoms with E-state index in [4.69, 9.17) is 9.84 Å². The van der Waals surface area contributed by atoms with Crippen LogP contribution in [-0.4, -0.2) is 50.5 Å². The third kappa shape index (κ3) is 2.88. The summed E-state index contributed by atoms with van der Waals surface area (Å²) in [6.07, 6.45) is 7.55. The molecule has 2 aliphatic heterocycles. The topological polar surface area (TPSA) is 73.1 Å². The van der Waals surface area contributed by atoms with Gasteiger partial charge in [0, 0.05) is 19.3 Å². The number of rotatable bonds is 2. The molecular weight excluding hydrogens is 354 g/mol. The largest absolute Gasteiger partial charge is 0.368 e. The summed E-state index contributed by atoms with van der Waals surface area (Å²) in [6, 6.07) is 11.8. The van der Waals surface area contributed by atoms with Gasteiger partial charge in [0.25, 0.3) is 5.91 Å². The van der Waals surface area contributed by atoms with Crippen LogP contribution < -0.4 is 0 Å². The number of hydrogen-bond acceptors (Lipinski definition) is 5. The maximum atomic E-state index is 12.7. The molecule has 0 bridgehead atoms. The number of nitrogens with zero attached hydrogens (tertiary/aromatic N) is 5. The predicted molar refractivity (Wildman–Crippen MR) is 102 cm³/mol. The smallest absolute Gasteiger partial charge is 0.255 e. The Hall–Kier alpha value is -3.06. The lowest BCUT2D eigenvalue weighted by Crippen LogP contribution is -2.48. The standard InChI is InChI=1S/C21H21N5O2/c27-20(16-6-10-22-23-14-16)25-11-8-21(9-12-25)19-17(7-13-28-21)15-26(24-19)18-4-2-1-3-5-18/h1-6,10,14-15H,7-9,11-13H2. The second-order valence-electron chi connectivity index (χ2n) is 7.30. The van der Waals surface area contributed by atoms with Crippen molar-refractivity contribution >= 4 is 5.91 Å². The zero-order valence-electron chi connectivity index (χ0n) is 15.5. The number of amides is 1. The molecule has 142 valence electrons. The normalized spacial score (nSPS) is 18.1. The molecule has 7 heteroatoms. The van der Waals surface area contributed by atoms with E-state index >= 15 is 0 Å². The quantitative estimate of drug-likeness (QED) is 0.688. The van der Waals surface area contributed by atoms with Crippen molar-refractivity contribution in [3.8, 4) is 5.69 Å². The van der Waals surface area contributed by atoms with E-state index < -0.39 is 5.60 Å². The van der Waals surface area contributed by atoms with Crippen molar-refractivity contribution in [2.75, 3.05) is 19.7 Å². The van der Waals surface area contributed by atoms with Crippen LogP contribution in [-0.2, 0) is 16.8 Å². The van der Waals surface area contributed by atoms with E-state index in [1.807, 2.05) is 27.8 Å². The molecule has 0 N–H and O–H groups in total. The van der Waals surface area contributed by atoms with Crippen LogP contribution in [0.1, 0.15) is 34.5 Å². The molecule has 0 unspecified atom stereocenters. The van der Waals surface area contributed by atoms with Crippen LogP contribution in [0.25, 0.3) is 5.69 Å². The molecule has 0 saturated carbocycles. The first-order chi connectivity index (χ1) is 13.8. The lowest BCUT2D eigenvalue weighted by Gasteiger charge is -2.43. The molecule has 1 saturated heterocycles. The average Bonchev–Trinajstić information content (AvgIpc) is 3.21. The third-order valence-corrected chi connectivity index (χ3v) is 5.68. The summed E-state index contributed by atoms with van der Waals surface area (Å²) < 4.78 is 8.23. The molecule has 0 aliphatic carbocycles. The summed E-state index contributed by atoms with van der Waals surface area (Å²) in [5, 5.41) is 12.4. The van der Waals surface area contributed by atoms with E-state index in [-0.39, 0.29) is 5.91 Å². The summed E-state index contributed by atoms with van der Waals surface area (Å²) >= 11 is 0. The van der Waals surface area contributed by atoms with E-state index in [0.717, 1.165) is 30.6 Å². The van der Waals surface area contributed by atoms with E-state index in [2.05, 4.69) is 28.5 Å². The van der Waals surface area contributed by atoms with Gasteiger partial charge < -0.3 is 9.64 Å². The van der Waals surface area contributed by atoms with Gasteiger partial charge in [0.2, 0.25) is 0 Å². The molecule has 7 nitrogen and oxygen atoms in total. The van der Waals surface area contributed by atoms with E-state index in [1.165, 1.54) is 11.8 Å². The summed E-state index contributed by atoms with van der Waals surface area (Å²) in [7, 11) is 0. The molecule has 5 rings (SSSR count). The van der Waals surface area contributed by atoms with Gasteiger partial charge in [-0.3, -0.25) is 4.79 Å². The minimum Gasteiger partial charge on any atom is -0.368 e. The molecule has 1 spiro atoms. The number of aromatic nitrogens is 4. The number of ether oxygens (including phenoxy) is 1. The minimum absolute atomic E-state index is 0.00408. The zero-order valence-corrected chi connectivity index (χ0v) is 15.5. The van der Waals surface area contributed by atoms with Crippen LogP contribution in [0.15, 0.2) is 55.0 Å². The maximum absolute atomic E-state index is 12.7. The van der Waals surface area contributed by atoms with Gasteiger partial charge in [0.1, 0.15) is 5.60 Å². The van der Waals surface area contributed by atoms with Crippen LogP contribution in [0.4, 0.5) is 0 Å². The highest BCUT2D eigenvalue weighted by atomic mass is 16.5. The van der Waals surface area contributed by atoms with Gasteiger partial charge in [-0.2, -0.15) is 15.3 Å². The molecular formula is C21H21N5O2. The van der Waals surface area contributed by atoms with Gasteiger partial charge >= 0.3 is 0 Å². The van der Waals surface area contributed by atoms with E-state index in [9.17, 15) is 4.79 Å². The minimum atomic E-state index is -0.402. The Labute approximate surface area is 163 Å². The van der Waals surface area contributed by atoms with Crippen LogP contribution in [0.3, 0.4) is 0 Å². The SMILES string of the molecule is O=C(c1ccnnc1)N1CCC2(CC1)OCCc1cn(-c3ccccc3)nc12. The first kappa shape index (κ1) is 17.1. The molecule has 2 aliphatic rings. The number of hydrogen-bond donors (Lipinski definition) is 0. The Kier molecular flexibility index (Phi) is 4.16. The molecule has 0 radical (unpaired) electrons. The van der Waals surface area contributed by atoms with Crippen LogP contribution in [0.2, 0.25) is 0 Å². The van der Waals surface area contributed by atoms with Crippen LogP contribution >= 0.6 is 0 Å². The lowest BCUT2D eigenvalue weighted by molar-refractivity contribution is -0.0963. The summed E-state index contributed by atoms with van der Waals surface area (Å²) in [5.74, 6) is -0.00408. The monoisotopic (exact) mass is 375 g/mol. The van der Waals surface area contributed by atoms with Crippen LogP contribution in [0, 0.1) is 0 Å². The fraction of sp³-hybridized carbons (Fsp3) is 0.333. The van der Waals surface area contributed by atoms with Gasteiger partial charge in [-0.25, -0.2) is 4.68 Å². The highest BCUT2D eigenvalue weighted by Crippen LogP contribution is 2.41. The Bertz CT molecular complexity index is 979. The lowest BCUT2D eigenvalue weighted by atomic mass is 9.83. The summed E-state index contributed by atoms with van der Waals surface area (Å²) in [5.41, 5.74) is 3.49. The van der Waals surface area contributed by atoms with Gasteiger partial charge in [0.05, 0.1) is 35.9 Å². The van der Waals surface area contributed by atoms with Gasteiger partial charge in [0.15, 0.2) is 0 Å². The fourth-order valence-electron chi connectivity index (χ4n) is 4.17. The van der Waals surface area contributed by atoms with Gasteiger partial charge in [-0.15, -0.1) is 0 Å². The number of carbonyl (C=O) groups excluding carboxylic acids is 1. The zero-order chi connectivity index (χ0) is 19.0. The number of fused-ring (bicyclic) bond motifs is 2. The second-order valence-corrected chi connectivity index (χ2v) is 7.30. The van der Waals surface area contributed by atoms with Crippen molar-refractivity contribution in [3.05, 3.63) is 71.8 Å². The first-order valence-corrected chi connectivity index (χ1v) is 9.60. The first-order valence-electron chi connectivity index (χ1n) is 9.60. The highest BCUT2D eigenvalue weighted by molar-refractivity contribution is 5.93. The number of likely N-dealkylation sites (tertiary alicyclic amines) is 1. The Morgan fingerprint density at radius 3 is 2.64 bits per heavy atom. The maximum Gasteiger partial charge on any atom is 0.255 e. The molecule has 1 fully saturated rings. The molecule has 1 amide bonds. The molecule has 4 heterocycles. The number of benzene rings is 1.